The Kier molecular flexibility index (Phi) is 6.05. The monoisotopic (exact) mass is 284 g/mol. The van der Waals surface area contributed by atoms with Gasteiger partial charge in [-0.15, -0.1) is 0 Å². The van der Waals surface area contributed by atoms with Crippen LogP contribution >= 0.6 is 0 Å². The molecule has 1 rings (SSSR count). The first-order valence-corrected chi connectivity index (χ1v) is 6.23. The first-order chi connectivity index (χ1) is 9.57. The summed E-state index contributed by atoms with van der Waals surface area (Å²) in [5.74, 6) is 0.761. The van der Waals surface area contributed by atoms with Gasteiger partial charge in [-0.3, -0.25) is 10.1 Å². The molecule has 1 aromatic rings. The molecule has 0 aliphatic rings. The summed E-state index contributed by atoms with van der Waals surface area (Å²) in [6, 6.07) is 2.90. The molecule has 0 heterocycles. The van der Waals surface area contributed by atoms with Crippen LogP contribution in [-0.2, 0) is 4.74 Å². The third-order valence-corrected chi connectivity index (χ3v) is 2.92. The molecule has 0 bridgehead atoms. The molecule has 0 saturated heterocycles. The van der Waals surface area contributed by atoms with E-state index in [9.17, 15) is 10.1 Å². The molecule has 0 radical (unpaired) electrons. The molecule has 0 aromatic heterocycles. The second-order valence-electron chi connectivity index (χ2n) is 4.19. The summed E-state index contributed by atoms with van der Waals surface area (Å²) >= 11 is 0. The van der Waals surface area contributed by atoms with E-state index in [-0.39, 0.29) is 11.7 Å². The third-order valence-electron chi connectivity index (χ3n) is 2.92. The summed E-state index contributed by atoms with van der Waals surface area (Å²) in [5, 5.41) is 14.3. The lowest BCUT2D eigenvalue weighted by atomic mass is 10.2. The number of hydrogen-bond acceptors (Lipinski definition) is 6. The second kappa shape index (κ2) is 7.54. The average molecular weight is 284 g/mol. The summed E-state index contributed by atoms with van der Waals surface area (Å²) < 4.78 is 15.3. The third kappa shape index (κ3) is 3.74. The van der Waals surface area contributed by atoms with Gasteiger partial charge in [-0.2, -0.15) is 0 Å². The van der Waals surface area contributed by atoms with Crippen LogP contribution < -0.4 is 14.8 Å². The number of benzene rings is 1. The van der Waals surface area contributed by atoms with Crippen molar-refractivity contribution in [2.24, 2.45) is 0 Å². The van der Waals surface area contributed by atoms with Gasteiger partial charge in [0.05, 0.1) is 31.8 Å². The molecule has 20 heavy (non-hydrogen) atoms. The minimum Gasteiger partial charge on any atom is -0.493 e. The average Bonchev–Trinajstić information content (AvgIpc) is 2.45. The number of rotatable bonds is 8. The Morgan fingerprint density at radius 1 is 1.25 bits per heavy atom. The Labute approximate surface area is 118 Å². The molecule has 1 N–H and O–H groups in total. The van der Waals surface area contributed by atoms with Crippen LogP contribution in [-0.4, -0.2) is 38.9 Å². The van der Waals surface area contributed by atoms with Crippen LogP contribution in [0.3, 0.4) is 0 Å². The van der Waals surface area contributed by atoms with Gasteiger partial charge in [0.1, 0.15) is 5.69 Å². The largest absolute Gasteiger partial charge is 0.493 e. The molecule has 0 fully saturated rings. The predicted octanol–water partition coefficient (Wildman–Crippen LogP) is 2.45. The van der Waals surface area contributed by atoms with Crippen molar-refractivity contribution >= 4 is 11.4 Å². The first kappa shape index (κ1) is 16.0. The van der Waals surface area contributed by atoms with Crippen LogP contribution in [0.5, 0.6) is 11.5 Å². The van der Waals surface area contributed by atoms with Crippen molar-refractivity contribution in [3.63, 3.8) is 0 Å². The highest BCUT2D eigenvalue weighted by Gasteiger charge is 2.21. The van der Waals surface area contributed by atoms with Gasteiger partial charge in [-0.25, -0.2) is 0 Å². The number of ether oxygens (including phenoxy) is 3. The summed E-state index contributed by atoms with van der Waals surface area (Å²) in [4.78, 5) is 10.7. The lowest BCUT2D eigenvalue weighted by Gasteiger charge is -2.18. The summed E-state index contributed by atoms with van der Waals surface area (Å²) in [6.07, 6.45) is 0.777. The van der Waals surface area contributed by atoms with Gasteiger partial charge < -0.3 is 19.5 Å². The van der Waals surface area contributed by atoms with Crippen LogP contribution in [0.1, 0.15) is 13.3 Å². The Balaban J connectivity index is 3.18. The molecule has 0 saturated carbocycles. The van der Waals surface area contributed by atoms with Gasteiger partial charge in [0.15, 0.2) is 11.5 Å². The number of nitro groups is 1. The van der Waals surface area contributed by atoms with Gasteiger partial charge in [0, 0.05) is 19.2 Å². The lowest BCUT2D eigenvalue weighted by Crippen LogP contribution is -2.24. The van der Waals surface area contributed by atoms with Crippen LogP contribution in [0.15, 0.2) is 12.1 Å². The van der Waals surface area contributed by atoms with Gasteiger partial charge in [0.25, 0.3) is 5.69 Å². The van der Waals surface area contributed by atoms with Crippen molar-refractivity contribution in [2.75, 3.05) is 33.3 Å². The van der Waals surface area contributed by atoms with E-state index in [2.05, 4.69) is 5.32 Å². The highest BCUT2D eigenvalue weighted by Crippen LogP contribution is 2.37. The normalized spacial score (nSPS) is 11.8. The maximum absolute atomic E-state index is 11.2. The van der Waals surface area contributed by atoms with E-state index in [4.69, 9.17) is 14.2 Å². The smallest absolute Gasteiger partial charge is 0.296 e. The number of nitro benzene ring substituents is 1. The highest BCUT2D eigenvalue weighted by molar-refractivity contribution is 5.68. The van der Waals surface area contributed by atoms with Crippen molar-refractivity contribution in [1.82, 2.24) is 0 Å². The molecule has 112 valence electrons. The molecule has 0 aliphatic heterocycles. The van der Waals surface area contributed by atoms with E-state index >= 15 is 0 Å². The van der Waals surface area contributed by atoms with Gasteiger partial charge in [-0.05, 0) is 6.42 Å². The number of nitrogens with one attached hydrogen (secondary N) is 1. The van der Waals surface area contributed by atoms with Crippen LogP contribution in [0.4, 0.5) is 11.4 Å². The fourth-order valence-electron chi connectivity index (χ4n) is 1.82. The number of anilines is 1. The topological polar surface area (TPSA) is 82.9 Å². The van der Waals surface area contributed by atoms with Gasteiger partial charge >= 0.3 is 0 Å². The van der Waals surface area contributed by atoms with Crippen molar-refractivity contribution in [3.05, 3.63) is 22.2 Å². The zero-order chi connectivity index (χ0) is 15.1. The summed E-state index contributed by atoms with van der Waals surface area (Å²) in [6.45, 7) is 2.44. The van der Waals surface area contributed by atoms with E-state index in [0.29, 0.717) is 23.8 Å². The fourth-order valence-corrected chi connectivity index (χ4v) is 1.82. The summed E-state index contributed by atoms with van der Waals surface area (Å²) in [7, 11) is 4.52. The van der Waals surface area contributed by atoms with Crippen molar-refractivity contribution < 1.29 is 19.1 Å². The van der Waals surface area contributed by atoms with E-state index in [1.165, 1.54) is 20.3 Å². The van der Waals surface area contributed by atoms with E-state index < -0.39 is 4.92 Å². The molecule has 0 aliphatic carbocycles. The van der Waals surface area contributed by atoms with Gasteiger partial charge in [-0.1, -0.05) is 6.92 Å². The van der Waals surface area contributed by atoms with E-state index in [0.717, 1.165) is 6.42 Å². The Morgan fingerprint density at radius 3 is 2.30 bits per heavy atom. The van der Waals surface area contributed by atoms with Gasteiger partial charge in [0.2, 0.25) is 0 Å². The Hall–Kier alpha value is -2.02. The predicted molar refractivity (Wildman–Crippen MR) is 75.8 cm³/mol. The SMILES string of the molecule is CCC(COC)Nc1cc(OC)c(OC)cc1[N+](=O)[O-]. The van der Waals surface area contributed by atoms with E-state index in [1.54, 1.807) is 13.2 Å². The number of hydrogen-bond donors (Lipinski definition) is 1. The second-order valence-corrected chi connectivity index (χ2v) is 4.19. The molecule has 0 spiro atoms. The molecule has 7 heteroatoms. The standard InChI is InChI=1S/C13H20N2O5/c1-5-9(8-18-2)14-10-6-12(19-3)13(20-4)7-11(10)15(16)17/h6-7,9,14H,5,8H2,1-4H3. The first-order valence-electron chi connectivity index (χ1n) is 6.23. The van der Waals surface area contributed by atoms with Crippen molar-refractivity contribution in [2.45, 2.75) is 19.4 Å². The molecule has 1 atom stereocenters. The molecule has 1 unspecified atom stereocenters. The van der Waals surface area contributed by atoms with E-state index in [1.807, 2.05) is 6.92 Å². The highest BCUT2D eigenvalue weighted by atomic mass is 16.6. The summed E-state index contributed by atoms with van der Waals surface area (Å²) in [5.41, 5.74) is 0.328. The van der Waals surface area contributed by atoms with Crippen LogP contribution in [0, 0.1) is 10.1 Å². The van der Waals surface area contributed by atoms with Crippen molar-refractivity contribution in [1.29, 1.82) is 0 Å². The quantitative estimate of drug-likeness (QED) is 0.583. The zero-order valence-electron chi connectivity index (χ0n) is 12.1. The minimum absolute atomic E-state index is 0.0169. The number of methoxy groups -OCH3 is 3. The molecule has 1 aromatic carbocycles. The number of nitrogens with zero attached hydrogens (tertiary/aromatic N) is 1. The van der Waals surface area contributed by atoms with Crippen LogP contribution in [0.2, 0.25) is 0 Å². The molecule has 7 nitrogen and oxygen atoms in total. The Bertz CT molecular complexity index is 464. The maximum Gasteiger partial charge on any atom is 0.296 e. The maximum atomic E-state index is 11.2. The lowest BCUT2D eigenvalue weighted by molar-refractivity contribution is -0.384. The zero-order valence-corrected chi connectivity index (χ0v) is 12.1. The molecular formula is C13H20N2O5. The Morgan fingerprint density at radius 2 is 1.85 bits per heavy atom. The molecular weight excluding hydrogens is 264 g/mol. The van der Waals surface area contributed by atoms with Crippen LogP contribution in [0.25, 0.3) is 0 Å². The fraction of sp³-hybridized carbons (Fsp3) is 0.538. The minimum atomic E-state index is -0.455. The van der Waals surface area contributed by atoms with Crippen molar-refractivity contribution in [3.8, 4) is 11.5 Å². The molecule has 0 amide bonds.